The summed E-state index contributed by atoms with van der Waals surface area (Å²) in [7, 11) is 0. The number of aromatic amines is 2. The van der Waals surface area contributed by atoms with Gasteiger partial charge in [0, 0.05) is 23.7 Å². The van der Waals surface area contributed by atoms with Gasteiger partial charge < -0.3 is 14.8 Å². The molecule has 0 radical (unpaired) electrons. The Labute approximate surface area is 184 Å². The van der Waals surface area contributed by atoms with E-state index in [1.807, 2.05) is 13.0 Å². The van der Waals surface area contributed by atoms with Crippen molar-refractivity contribution in [3.63, 3.8) is 0 Å². The van der Waals surface area contributed by atoms with Gasteiger partial charge in [-0.1, -0.05) is 25.0 Å². The summed E-state index contributed by atoms with van der Waals surface area (Å²) in [6, 6.07) is 8.51. The van der Waals surface area contributed by atoms with Gasteiger partial charge in [0.2, 0.25) is 0 Å². The van der Waals surface area contributed by atoms with Gasteiger partial charge in [0.25, 0.3) is 0 Å². The van der Waals surface area contributed by atoms with Gasteiger partial charge in [0.05, 0.1) is 19.3 Å². The van der Waals surface area contributed by atoms with E-state index in [1.165, 1.54) is 0 Å². The maximum absolute atomic E-state index is 15.4. The van der Waals surface area contributed by atoms with Crippen molar-refractivity contribution >= 4 is 10.9 Å². The second kappa shape index (κ2) is 8.46. The van der Waals surface area contributed by atoms with E-state index in [1.54, 1.807) is 30.5 Å². The quantitative estimate of drug-likeness (QED) is 0.373. The molecule has 1 atom stereocenters. The minimum absolute atomic E-state index is 0.0180. The summed E-state index contributed by atoms with van der Waals surface area (Å²) in [4.78, 5) is 7.58. The highest BCUT2D eigenvalue weighted by atomic mass is 19.1. The lowest BCUT2D eigenvalue weighted by Crippen LogP contribution is -2.40. The predicted octanol–water partition coefficient (Wildman–Crippen LogP) is 3.37. The lowest BCUT2D eigenvalue weighted by molar-refractivity contribution is 0.0925. The zero-order chi connectivity index (χ0) is 22.1. The molecule has 32 heavy (non-hydrogen) atoms. The number of benzene rings is 2. The van der Waals surface area contributed by atoms with Crippen LogP contribution < -0.4 is 5.32 Å². The molecule has 1 aliphatic heterocycles. The van der Waals surface area contributed by atoms with Crippen LogP contribution in [0, 0.1) is 17.7 Å². The molecule has 0 spiro atoms. The van der Waals surface area contributed by atoms with Gasteiger partial charge in [-0.05, 0) is 41.7 Å². The molecule has 2 aromatic heterocycles. The van der Waals surface area contributed by atoms with Crippen molar-refractivity contribution in [1.29, 1.82) is 0 Å². The topological polar surface area (TPSA) is 98.9 Å². The number of hydrogen-bond donors (Lipinski definition) is 4. The summed E-state index contributed by atoms with van der Waals surface area (Å²) in [6.07, 6.45) is 2.38. The summed E-state index contributed by atoms with van der Waals surface area (Å²) in [5, 5.41) is 20.8. The van der Waals surface area contributed by atoms with E-state index in [2.05, 4.69) is 37.3 Å². The van der Waals surface area contributed by atoms with Crippen LogP contribution in [0.3, 0.4) is 0 Å². The second-order valence-electron chi connectivity index (χ2n) is 7.60. The minimum atomic E-state index is -0.392. The molecule has 1 aliphatic rings. The van der Waals surface area contributed by atoms with E-state index < -0.39 is 5.82 Å². The van der Waals surface area contributed by atoms with Crippen LogP contribution in [-0.4, -0.2) is 51.1 Å². The molecule has 2 aromatic carbocycles. The van der Waals surface area contributed by atoms with Crippen LogP contribution in [0.2, 0.25) is 0 Å². The summed E-state index contributed by atoms with van der Waals surface area (Å²) in [6.45, 7) is 4.00. The number of phenolic OH excluding ortho intramolecular Hbond substituents is 1. The number of aryl methyl sites for hydroxylation is 1. The smallest absolute Gasteiger partial charge is 0.160 e. The maximum Gasteiger partial charge on any atom is 0.160 e. The summed E-state index contributed by atoms with van der Waals surface area (Å²) in [5.74, 6) is 6.43. The average molecular weight is 431 g/mol. The van der Waals surface area contributed by atoms with Gasteiger partial charge in [-0.25, -0.2) is 9.37 Å². The zero-order valence-electron chi connectivity index (χ0n) is 17.5. The van der Waals surface area contributed by atoms with Crippen molar-refractivity contribution in [3.8, 4) is 40.2 Å². The molecule has 4 N–H and O–H groups in total. The Kier molecular flexibility index (Phi) is 5.35. The molecule has 0 saturated carbocycles. The highest BCUT2D eigenvalue weighted by molar-refractivity contribution is 5.94. The summed E-state index contributed by atoms with van der Waals surface area (Å²) in [5.41, 5.74) is 3.49. The Morgan fingerprint density at radius 2 is 2.12 bits per heavy atom. The lowest BCUT2D eigenvalue weighted by Gasteiger charge is -2.18. The summed E-state index contributed by atoms with van der Waals surface area (Å²) < 4.78 is 20.8. The van der Waals surface area contributed by atoms with Crippen LogP contribution in [0.25, 0.3) is 33.5 Å². The van der Waals surface area contributed by atoms with Crippen molar-refractivity contribution in [1.82, 2.24) is 25.5 Å². The highest BCUT2D eigenvalue weighted by Gasteiger charge is 2.19. The molecular weight excluding hydrogens is 409 g/mol. The van der Waals surface area contributed by atoms with Gasteiger partial charge >= 0.3 is 0 Å². The monoisotopic (exact) mass is 431 g/mol. The first-order chi connectivity index (χ1) is 15.6. The van der Waals surface area contributed by atoms with Crippen LogP contribution in [0.15, 0.2) is 36.5 Å². The molecule has 0 unspecified atom stereocenters. The van der Waals surface area contributed by atoms with Crippen molar-refractivity contribution in [3.05, 3.63) is 53.6 Å². The molecule has 1 saturated heterocycles. The van der Waals surface area contributed by atoms with Crippen LogP contribution >= 0.6 is 0 Å². The van der Waals surface area contributed by atoms with E-state index in [9.17, 15) is 5.11 Å². The van der Waals surface area contributed by atoms with Crippen LogP contribution in [0.1, 0.15) is 18.2 Å². The first-order valence-corrected chi connectivity index (χ1v) is 10.5. The first kappa shape index (κ1) is 20.2. The Morgan fingerprint density at radius 1 is 1.25 bits per heavy atom. The van der Waals surface area contributed by atoms with Crippen molar-refractivity contribution in [2.75, 3.05) is 19.8 Å². The molecule has 7 nitrogen and oxygen atoms in total. The van der Waals surface area contributed by atoms with E-state index in [0.29, 0.717) is 53.3 Å². The first-order valence-electron chi connectivity index (χ1n) is 10.5. The number of ether oxygens (including phenoxy) is 1. The van der Waals surface area contributed by atoms with Crippen LogP contribution in [-0.2, 0) is 11.2 Å². The largest absolute Gasteiger partial charge is 0.508 e. The molecule has 5 rings (SSSR count). The van der Waals surface area contributed by atoms with Crippen LogP contribution in [0.4, 0.5) is 4.39 Å². The standard InChI is InChI=1S/C24H22FN5O2/c1-2-14-11-17(31)5-6-18(14)19-7-8-20-22(21(19)25)29-30-23(20)24-27-12-15(28-24)3-4-16-13-32-10-9-26-16/h5-8,11-12,16,26,31H,2,9-10,13H2,1H3,(H,27,28)(H,29,30)/t16-/m1/s1. The number of morpholine rings is 1. The number of rotatable bonds is 3. The molecule has 0 aliphatic carbocycles. The number of phenols is 1. The number of H-pyrrole nitrogens is 2. The van der Waals surface area contributed by atoms with Gasteiger partial charge in [-0.3, -0.25) is 10.4 Å². The fourth-order valence-corrected chi connectivity index (χ4v) is 3.90. The molecular formula is C24H22FN5O2. The Bertz CT molecular complexity index is 1340. The predicted molar refractivity (Wildman–Crippen MR) is 120 cm³/mol. The molecule has 0 amide bonds. The minimum Gasteiger partial charge on any atom is -0.508 e. The zero-order valence-corrected chi connectivity index (χ0v) is 17.5. The van der Waals surface area contributed by atoms with Crippen LogP contribution in [0.5, 0.6) is 5.75 Å². The Morgan fingerprint density at radius 3 is 2.94 bits per heavy atom. The fraction of sp³-hybridized carbons (Fsp3) is 0.250. The van der Waals surface area contributed by atoms with Crippen molar-refractivity contribution in [2.45, 2.75) is 19.4 Å². The number of halogens is 1. The summed E-state index contributed by atoms with van der Waals surface area (Å²) >= 11 is 0. The molecule has 3 heterocycles. The number of nitrogens with one attached hydrogen (secondary N) is 3. The van der Waals surface area contributed by atoms with Gasteiger partial charge in [-0.15, -0.1) is 0 Å². The highest BCUT2D eigenvalue weighted by Crippen LogP contribution is 2.34. The molecule has 0 bridgehead atoms. The number of fused-ring (bicyclic) bond motifs is 1. The third-order valence-corrected chi connectivity index (χ3v) is 5.53. The van der Waals surface area contributed by atoms with Gasteiger partial charge in [-0.2, -0.15) is 5.10 Å². The number of nitrogens with zero attached hydrogens (tertiary/aromatic N) is 2. The van der Waals surface area contributed by atoms with Gasteiger partial charge in [0.15, 0.2) is 11.6 Å². The van der Waals surface area contributed by atoms with Crippen molar-refractivity contribution < 1.29 is 14.2 Å². The third-order valence-electron chi connectivity index (χ3n) is 5.53. The lowest BCUT2D eigenvalue weighted by atomic mass is 9.96. The Hall–Kier alpha value is -3.67. The van der Waals surface area contributed by atoms with Crippen molar-refractivity contribution in [2.24, 2.45) is 0 Å². The third kappa shape index (κ3) is 3.73. The second-order valence-corrected chi connectivity index (χ2v) is 7.60. The molecule has 162 valence electrons. The fourth-order valence-electron chi connectivity index (χ4n) is 3.90. The van der Waals surface area contributed by atoms with E-state index in [-0.39, 0.29) is 11.8 Å². The SMILES string of the molecule is CCc1cc(O)ccc1-c1ccc2c(-c3nc(C#C[C@@H]4COCCN4)c[nH]3)n[nH]c2c1F. The molecule has 8 heteroatoms. The van der Waals surface area contributed by atoms with E-state index in [0.717, 1.165) is 17.7 Å². The number of imidazole rings is 1. The Balaban J connectivity index is 1.48. The molecule has 1 fully saturated rings. The van der Waals surface area contributed by atoms with Gasteiger partial charge in [0.1, 0.15) is 22.7 Å². The van der Waals surface area contributed by atoms with E-state index >= 15 is 4.39 Å². The number of aromatic nitrogens is 4. The molecule has 4 aromatic rings. The maximum atomic E-state index is 15.4. The normalized spacial score (nSPS) is 16.1. The van der Waals surface area contributed by atoms with E-state index in [4.69, 9.17) is 4.74 Å². The number of aromatic hydroxyl groups is 1. The number of hydrogen-bond acceptors (Lipinski definition) is 5. The average Bonchev–Trinajstić information content (AvgIpc) is 3.46.